The first-order chi connectivity index (χ1) is 14.7. The third-order valence-corrected chi connectivity index (χ3v) is 6.24. The Balaban J connectivity index is 2.28. The summed E-state index contributed by atoms with van der Waals surface area (Å²) >= 11 is 5.85. The minimum Gasteiger partial charge on any atom is -0.508 e. The van der Waals surface area contributed by atoms with Crippen LogP contribution in [0.1, 0.15) is 61.1 Å². The van der Waals surface area contributed by atoms with Crippen LogP contribution in [0, 0.1) is 11.7 Å². The highest BCUT2D eigenvalue weighted by Crippen LogP contribution is 2.32. The maximum absolute atomic E-state index is 14.4. The van der Waals surface area contributed by atoms with E-state index in [1.165, 1.54) is 24.4 Å². The maximum atomic E-state index is 14.4. The van der Waals surface area contributed by atoms with Crippen molar-refractivity contribution < 1.29 is 19.4 Å². The van der Waals surface area contributed by atoms with Crippen LogP contribution in [0.5, 0.6) is 5.75 Å². The number of benzene rings is 2. The first-order valence-corrected chi connectivity index (χ1v) is 10.6. The van der Waals surface area contributed by atoms with Gasteiger partial charge in [-0.2, -0.15) is 0 Å². The van der Waals surface area contributed by atoms with Gasteiger partial charge < -0.3 is 14.8 Å². The molecule has 5 nitrogen and oxygen atoms in total. The third kappa shape index (κ3) is 4.30. The second kappa shape index (κ2) is 9.10. The second-order valence-corrected chi connectivity index (χ2v) is 8.24. The van der Waals surface area contributed by atoms with E-state index < -0.39 is 17.2 Å². The van der Waals surface area contributed by atoms with Gasteiger partial charge in [0.05, 0.1) is 10.5 Å². The van der Waals surface area contributed by atoms with Crippen LogP contribution < -0.4 is 5.43 Å². The highest BCUT2D eigenvalue weighted by atomic mass is 35.5. The summed E-state index contributed by atoms with van der Waals surface area (Å²) in [5.41, 5.74) is 0.0692. The highest BCUT2D eigenvalue weighted by molar-refractivity contribution is 6.30. The van der Waals surface area contributed by atoms with E-state index in [0.717, 1.165) is 12.8 Å². The van der Waals surface area contributed by atoms with Crippen LogP contribution >= 0.6 is 11.6 Å². The molecule has 2 aromatic carbocycles. The molecule has 0 bridgehead atoms. The van der Waals surface area contributed by atoms with Gasteiger partial charge in [0.1, 0.15) is 17.1 Å². The minimum atomic E-state index is -1.31. The number of pyridine rings is 1. The number of carbonyl (C=O) groups is 1. The number of phenols is 1. The van der Waals surface area contributed by atoms with E-state index in [9.17, 15) is 24.2 Å². The first kappa shape index (κ1) is 22.8. The second-order valence-electron chi connectivity index (χ2n) is 7.83. The molecule has 3 rings (SSSR count). The molecule has 0 saturated heterocycles. The van der Waals surface area contributed by atoms with E-state index in [1.54, 1.807) is 16.7 Å². The summed E-state index contributed by atoms with van der Waals surface area (Å²) in [5, 5.41) is 20.4. The smallest absolute Gasteiger partial charge is 0.341 e. The van der Waals surface area contributed by atoms with Gasteiger partial charge in [0.15, 0.2) is 0 Å². The number of aromatic carboxylic acids is 1. The van der Waals surface area contributed by atoms with Crippen molar-refractivity contribution in [1.29, 1.82) is 0 Å². The molecular formula is C24H25ClFNO4. The van der Waals surface area contributed by atoms with Crippen molar-refractivity contribution in [3.05, 3.63) is 74.3 Å². The lowest BCUT2D eigenvalue weighted by atomic mass is 9.94. The molecule has 0 aliphatic heterocycles. The largest absolute Gasteiger partial charge is 0.508 e. The lowest BCUT2D eigenvalue weighted by molar-refractivity contribution is 0.0694. The van der Waals surface area contributed by atoms with Crippen molar-refractivity contribution in [2.75, 3.05) is 0 Å². The highest BCUT2D eigenvalue weighted by Gasteiger charge is 2.23. The number of rotatable bonds is 7. The zero-order valence-corrected chi connectivity index (χ0v) is 18.4. The molecule has 3 aromatic rings. The molecule has 164 valence electrons. The number of aromatic nitrogens is 1. The average molecular weight is 446 g/mol. The van der Waals surface area contributed by atoms with Crippen LogP contribution in [0.2, 0.25) is 5.02 Å². The molecule has 7 heteroatoms. The van der Waals surface area contributed by atoms with Gasteiger partial charge >= 0.3 is 5.97 Å². The summed E-state index contributed by atoms with van der Waals surface area (Å²) in [6.45, 7) is 6.11. The SMILES string of the molecule is CCC([C@@H](C)CC)n1cc(C(=O)O)c(=O)c2cc(Cc3cccc(Cl)c3F)c(O)cc21. The quantitative estimate of drug-likeness (QED) is 0.482. The fourth-order valence-electron chi connectivity index (χ4n) is 4.03. The molecular weight excluding hydrogens is 421 g/mol. The van der Waals surface area contributed by atoms with Crippen molar-refractivity contribution in [3.63, 3.8) is 0 Å². The van der Waals surface area contributed by atoms with Crippen molar-refractivity contribution in [2.24, 2.45) is 5.92 Å². The van der Waals surface area contributed by atoms with Gasteiger partial charge in [0.25, 0.3) is 0 Å². The van der Waals surface area contributed by atoms with Crippen molar-refractivity contribution in [3.8, 4) is 5.75 Å². The molecule has 0 spiro atoms. The van der Waals surface area contributed by atoms with Crippen LogP contribution in [-0.4, -0.2) is 20.7 Å². The molecule has 2 N–H and O–H groups in total. The normalized spacial score (nSPS) is 13.3. The monoisotopic (exact) mass is 445 g/mol. The molecule has 1 heterocycles. The van der Waals surface area contributed by atoms with Crippen LogP contribution in [-0.2, 0) is 6.42 Å². The van der Waals surface area contributed by atoms with Gasteiger partial charge in [-0.1, -0.05) is 50.9 Å². The lowest BCUT2D eigenvalue weighted by Gasteiger charge is -2.27. The number of carboxylic acid groups (broad SMARTS) is 1. The Morgan fingerprint density at radius 3 is 2.52 bits per heavy atom. The van der Waals surface area contributed by atoms with Crippen LogP contribution in [0.25, 0.3) is 10.9 Å². The number of hydrogen-bond acceptors (Lipinski definition) is 3. The Morgan fingerprint density at radius 1 is 1.19 bits per heavy atom. The van der Waals surface area contributed by atoms with Gasteiger partial charge in [-0.05, 0) is 35.6 Å². The Bertz CT molecular complexity index is 1200. The molecule has 0 fully saturated rings. The average Bonchev–Trinajstić information content (AvgIpc) is 2.73. The summed E-state index contributed by atoms with van der Waals surface area (Å²) in [6.07, 6.45) is 2.96. The fraction of sp³-hybridized carbons (Fsp3) is 0.333. The van der Waals surface area contributed by atoms with Gasteiger partial charge in [-0.15, -0.1) is 0 Å². The number of aromatic hydroxyl groups is 1. The van der Waals surface area contributed by atoms with E-state index in [2.05, 4.69) is 6.92 Å². The number of phenolic OH excluding ortho intramolecular Hbond substituents is 1. The molecule has 0 aliphatic carbocycles. The number of nitrogens with zero attached hydrogens (tertiary/aromatic N) is 1. The number of fused-ring (bicyclic) bond motifs is 1. The van der Waals surface area contributed by atoms with E-state index in [4.69, 9.17) is 11.6 Å². The van der Waals surface area contributed by atoms with Gasteiger partial charge in [0, 0.05) is 30.1 Å². The summed E-state index contributed by atoms with van der Waals surface area (Å²) in [4.78, 5) is 24.7. The summed E-state index contributed by atoms with van der Waals surface area (Å²) in [5.74, 6) is -1.78. The molecule has 1 aromatic heterocycles. The molecule has 0 saturated carbocycles. The zero-order chi connectivity index (χ0) is 22.9. The Labute approximate surface area is 184 Å². The van der Waals surface area contributed by atoms with E-state index >= 15 is 0 Å². The number of carboxylic acids is 1. The summed E-state index contributed by atoms with van der Waals surface area (Å²) in [6, 6.07) is 7.45. The molecule has 0 radical (unpaired) electrons. The van der Waals surface area contributed by atoms with Crippen molar-refractivity contribution >= 4 is 28.5 Å². The van der Waals surface area contributed by atoms with Crippen molar-refractivity contribution in [1.82, 2.24) is 4.57 Å². The van der Waals surface area contributed by atoms with E-state index in [0.29, 0.717) is 11.1 Å². The Kier molecular flexibility index (Phi) is 6.70. The molecule has 1 unspecified atom stereocenters. The van der Waals surface area contributed by atoms with Gasteiger partial charge in [-0.3, -0.25) is 4.79 Å². The lowest BCUT2D eigenvalue weighted by Crippen LogP contribution is -2.24. The number of hydrogen-bond donors (Lipinski definition) is 2. The van der Waals surface area contributed by atoms with E-state index in [1.807, 2.05) is 13.8 Å². The molecule has 0 amide bonds. The third-order valence-electron chi connectivity index (χ3n) is 5.95. The molecule has 0 aliphatic rings. The number of halogens is 2. The van der Waals surface area contributed by atoms with E-state index in [-0.39, 0.29) is 45.7 Å². The van der Waals surface area contributed by atoms with Crippen LogP contribution in [0.3, 0.4) is 0 Å². The summed E-state index contributed by atoms with van der Waals surface area (Å²) < 4.78 is 16.1. The zero-order valence-electron chi connectivity index (χ0n) is 17.7. The van der Waals surface area contributed by atoms with Crippen LogP contribution in [0.15, 0.2) is 41.3 Å². The molecule has 31 heavy (non-hydrogen) atoms. The Morgan fingerprint density at radius 2 is 1.90 bits per heavy atom. The van der Waals surface area contributed by atoms with Gasteiger partial charge in [-0.25, -0.2) is 9.18 Å². The predicted octanol–water partition coefficient (Wildman–Crippen LogP) is 5.79. The van der Waals surface area contributed by atoms with Gasteiger partial charge in [0.2, 0.25) is 5.43 Å². The van der Waals surface area contributed by atoms with Crippen molar-refractivity contribution in [2.45, 2.75) is 46.1 Å². The first-order valence-electron chi connectivity index (χ1n) is 10.3. The maximum Gasteiger partial charge on any atom is 0.341 e. The minimum absolute atomic E-state index is 0.00742. The Hall–Kier alpha value is -2.86. The standard InChI is InChI=1S/C24H25ClFNO4/c1-4-13(3)19(5-2)27-12-17(24(30)31)23(29)16-10-15(21(28)11-20(16)27)9-14-7-6-8-18(25)22(14)26/h6-8,10-13,19,28H,4-5,9H2,1-3H3,(H,30,31)/t13-,19?/m0/s1. The predicted molar refractivity (Wildman–Crippen MR) is 120 cm³/mol. The summed E-state index contributed by atoms with van der Waals surface area (Å²) in [7, 11) is 0. The topological polar surface area (TPSA) is 79.5 Å². The fourth-order valence-corrected chi connectivity index (χ4v) is 4.23. The van der Waals surface area contributed by atoms with Crippen LogP contribution in [0.4, 0.5) is 4.39 Å². The molecule has 2 atom stereocenters.